The van der Waals surface area contributed by atoms with E-state index in [-0.39, 0.29) is 31.8 Å². The largest absolute Gasteiger partial charge is 0.423 e. The molecular formula is C34H39N7O5. The Morgan fingerprint density at radius 3 is 2.09 bits per heavy atom. The lowest BCUT2D eigenvalue weighted by atomic mass is 10.0. The first kappa shape index (κ1) is 33.4. The van der Waals surface area contributed by atoms with Crippen LogP contribution in [-0.4, -0.2) is 48.4 Å². The maximum atomic E-state index is 13.8. The van der Waals surface area contributed by atoms with E-state index in [1.807, 2.05) is 60.7 Å². The summed E-state index contributed by atoms with van der Waals surface area (Å²) in [4.78, 5) is 56.4. The lowest BCUT2D eigenvalue weighted by Crippen LogP contribution is -2.56. The summed E-state index contributed by atoms with van der Waals surface area (Å²) in [6.45, 7) is 2.03. The third-order valence-electron chi connectivity index (χ3n) is 7.35. The van der Waals surface area contributed by atoms with Crippen LogP contribution in [0.4, 0.5) is 5.69 Å². The maximum absolute atomic E-state index is 13.8. The van der Waals surface area contributed by atoms with Crippen molar-refractivity contribution >= 4 is 40.3 Å². The molecule has 0 saturated carbocycles. The Bertz CT molecular complexity index is 1740. The third-order valence-corrected chi connectivity index (χ3v) is 7.35. The van der Waals surface area contributed by atoms with E-state index in [9.17, 15) is 19.2 Å². The molecule has 1 heterocycles. The summed E-state index contributed by atoms with van der Waals surface area (Å²) in [6.07, 6.45) is 1.02. The quantitative estimate of drug-likeness (QED) is 0.0526. The van der Waals surface area contributed by atoms with Crippen LogP contribution in [0.1, 0.15) is 29.5 Å². The first-order valence-corrected chi connectivity index (χ1v) is 14.9. The smallest absolute Gasteiger partial charge is 0.336 e. The molecule has 0 aliphatic carbocycles. The van der Waals surface area contributed by atoms with Crippen LogP contribution in [0.3, 0.4) is 0 Å². The summed E-state index contributed by atoms with van der Waals surface area (Å²) in [5.41, 5.74) is 19.7. The van der Waals surface area contributed by atoms with Gasteiger partial charge in [0.15, 0.2) is 5.96 Å². The van der Waals surface area contributed by atoms with Crippen molar-refractivity contribution in [3.05, 3.63) is 112 Å². The zero-order valence-electron chi connectivity index (χ0n) is 25.6. The average molecular weight is 626 g/mol. The third kappa shape index (κ3) is 9.76. The molecule has 0 radical (unpaired) electrons. The van der Waals surface area contributed by atoms with Crippen LogP contribution in [0, 0.1) is 6.92 Å². The number of carbonyl (C=O) groups is 3. The molecular weight excluding hydrogens is 586 g/mol. The van der Waals surface area contributed by atoms with Gasteiger partial charge < -0.3 is 37.6 Å². The molecule has 3 aromatic carbocycles. The van der Waals surface area contributed by atoms with Gasteiger partial charge in [-0.2, -0.15) is 0 Å². The number of hydrogen-bond acceptors (Lipinski definition) is 7. The molecule has 9 N–H and O–H groups in total. The van der Waals surface area contributed by atoms with Crippen LogP contribution in [0.5, 0.6) is 0 Å². The molecule has 4 rings (SSSR count). The summed E-state index contributed by atoms with van der Waals surface area (Å²) >= 11 is 0. The molecule has 0 unspecified atom stereocenters. The molecule has 12 heteroatoms. The summed E-state index contributed by atoms with van der Waals surface area (Å²) in [6, 6.07) is 22.0. The van der Waals surface area contributed by atoms with Gasteiger partial charge in [0.05, 0.1) is 6.04 Å². The van der Waals surface area contributed by atoms with Gasteiger partial charge in [0.25, 0.3) is 0 Å². The van der Waals surface area contributed by atoms with Crippen LogP contribution >= 0.6 is 0 Å². The minimum Gasteiger partial charge on any atom is -0.423 e. The lowest BCUT2D eigenvalue weighted by molar-refractivity contribution is -0.131. The van der Waals surface area contributed by atoms with E-state index in [0.29, 0.717) is 17.7 Å². The molecule has 0 aliphatic heterocycles. The predicted molar refractivity (Wildman–Crippen MR) is 178 cm³/mol. The summed E-state index contributed by atoms with van der Waals surface area (Å²) < 4.78 is 5.31. The molecule has 46 heavy (non-hydrogen) atoms. The number of nitrogens with zero attached hydrogens (tertiary/aromatic N) is 1. The van der Waals surface area contributed by atoms with Crippen molar-refractivity contribution in [2.45, 2.75) is 50.7 Å². The fourth-order valence-corrected chi connectivity index (χ4v) is 4.98. The van der Waals surface area contributed by atoms with E-state index in [2.05, 4.69) is 20.9 Å². The van der Waals surface area contributed by atoms with Crippen LogP contribution in [0.15, 0.2) is 99.1 Å². The standard InChI is InChI=1S/C34H39N7O5/c1-21-17-30(42)46-29-20-24(14-15-25(21)29)39-32(44)27(13-8-16-38-34(36)37)40-33(45)28(19-23-11-6-3-7-12-23)41-31(43)26(35)18-22-9-4-2-5-10-22/h2-7,9-12,14-15,17,20,26-28H,8,13,16,18-19,35H2,1H3,(H,39,44)(H,40,45)(H,41,43)(H4,36,37,38)/t26-,27+,28+/m1/s1. The van der Waals surface area contributed by atoms with Gasteiger partial charge in [-0.3, -0.25) is 19.4 Å². The highest BCUT2D eigenvalue weighted by molar-refractivity contribution is 5.99. The fraction of sp³-hybridized carbons (Fsp3) is 0.265. The normalized spacial score (nSPS) is 12.8. The van der Waals surface area contributed by atoms with Gasteiger partial charge >= 0.3 is 5.63 Å². The second-order valence-electron chi connectivity index (χ2n) is 11.0. The second kappa shape index (κ2) is 16.0. The number of aliphatic imine (C=N–C) groups is 1. The molecule has 0 bridgehead atoms. The van der Waals surface area contributed by atoms with Crippen molar-refractivity contribution in [1.29, 1.82) is 0 Å². The van der Waals surface area contributed by atoms with Gasteiger partial charge in [0.1, 0.15) is 17.7 Å². The van der Waals surface area contributed by atoms with Gasteiger partial charge in [-0.15, -0.1) is 0 Å². The Morgan fingerprint density at radius 2 is 1.43 bits per heavy atom. The zero-order chi connectivity index (χ0) is 33.1. The predicted octanol–water partition coefficient (Wildman–Crippen LogP) is 1.88. The Morgan fingerprint density at radius 1 is 0.804 bits per heavy atom. The average Bonchev–Trinajstić information content (AvgIpc) is 3.02. The number of anilines is 1. The SMILES string of the molecule is Cc1cc(=O)oc2cc(NC(=O)[C@H](CCCN=C(N)N)NC(=O)[C@H](Cc3ccccc3)NC(=O)[C@H](N)Cc3ccccc3)ccc12. The fourth-order valence-electron chi connectivity index (χ4n) is 4.98. The maximum Gasteiger partial charge on any atom is 0.336 e. The number of carbonyl (C=O) groups excluding carboxylic acids is 3. The van der Waals surface area contributed by atoms with E-state index < -0.39 is 41.5 Å². The topological polar surface area (TPSA) is 208 Å². The minimum absolute atomic E-state index is 0.0875. The van der Waals surface area contributed by atoms with Gasteiger partial charge in [0, 0.05) is 36.2 Å². The van der Waals surface area contributed by atoms with E-state index in [1.165, 1.54) is 6.07 Å². The molecule has 3 amide bonds. The van der Waals surface area contributed by atoms with Gasteiger partial charge in [0.2, 0.25) is 17.7 Å². The van der Waals surface area contributed by atoms with Crippen molar-refractivity contribution in [2.24, 2.45) is 22.2 Å². The Labute approximate surface area is 266 Å². The highest BCUT2D eigenvalue weighted by Gasteiger charge is 2.28. The van der Waals surface area contributed by atoms with Gasteiger partial charge in [-0.05, 0) is 55.0 Å². The van der Waals surface area contributed by atoms with Gasteiger partial charge in [-0.25, -0.2) is 4.79 Å². The highest BCUT2D eigenvalue weighted by atomic mass is 16.4. The molecule has 0 fully saturated rings. The molecule has 4 aromatic rings. The number of benzene rings is 3. The van der Waals surface area contributed by atoms with Crippen molar-refractivity contribution in [2.75, 3.05) is 11.9 Å². The summed E-state index contributed by atoms with van der Waals surface area (Å²) in [5.74, 6) is -1.67. The first-order valence-electron chi connectivity index (χ1n) is 14.9. The van der Waals surface area contributed by atoms with Crippen LogP contribution in [0.25, 0.3) is 11.0 Å². The second-order valence-corrected chi connectivity index (χ2v) is 11.0. The highest BCUT2D eigenvalue weighted by Crippen LogP contribution is 2.21. The molecule has 0 saturated heterocycles. The molecule has 3 atom stereocenters. The Kier molecular flexibility index (Phi) is 11.6. The number of nitrogens with two attached hydrogens (primary N) is 3. The monoisotopic (exact) mass is 625 g/mol. The lowest BCUT2D eigenvalue weighted by Gasteiger charge is -2.24. The summed E-state index contributed by atoms with van der Waals surface area (Å²) in [5, 5.41) is 9.11. The van der Waals surface area contributed by atoms with Crippen molar-refractivity contribution in [3.63, 3.8) is 0 Å². The number of aryl methyl sites for hydroxylation is 1. The molecule has 0 spiro atoms. The van der Waals surface area contributed by atoms with Crippen LogP contribution in [-0.2, 0) is 27.2 Å². The number of nitrogens with one attached hydrogen (secondary N) is 3. The van der Waals surface area contributed by atoms with E-state index in [0.717, 1.165) is 22.1 Å². The Hall–Kier alpha value is -5.49. The summed E-state index contributed by atoms with van der Waals surface area (Å²) in [7, 11) is 0. The van der Waals surface area contributed by atoms with E-state index in [1.54, 1.807) is 25.1 Å². The molecule has 240 valence electrons. The van der Waals surface area contributed by atoms with Crippen molar-refractivity contribution in [3.8, 4) is 0 Å². The minimum atomic E-state index is -1.03. The first-order chi connectivity index (χ1) is 22.1. The number of hydrogen-bond donors (Lipinski definition) is 6. The van der Waals surface area contributed by atoms with Gasteiger partial charge in [-0.1, -0.05) is 60.7 Å². The zero-order valence-corrected chi connectivity index (χ0v) is 25.6. The van der Waals surface area contributed by atoms with Crippen LogP contribution in [0.2, 0.25) is 0 Å². The number of amides is 3. The number of guanidine groups is 1. The van der Waals surface area contributed by atoms with E-state index >= 15 is 0 Å². The number of fused-ring (bicyclic) bond motifs is 1. The molecule has 0 aliphatic rings. The van der Waals surface area contributed by atoms with Crippen molar-refractivity contribution < 1.29 is 18.8 Å². The number of rotatable bonds is 14. The Balaban J connectivity index is 1.53. The molecule has 12 nitrogen and oxygen atoms in total. The van der Waals surface area contributed by atoms with Crippen molar-refractivity contribution in [1.82, 2.24) is 10.6 Å². The van der Waals surface area contributed by atoms with E-state index in [4.69, 9.17) is 21.6 Å². The molecule has 1 aromatic heterocycles. The van der Waals surface area contributed by atoms with Crippen LogP contribution < -0.4 is 38.8 Å².